The lowest BCUT2D eigenvalue weighted by Gasteiger charge is -2.47. The molecule has 0 amide bonds. The molecule has 0 radical (unpaired) electrons. The van der Waals surface area contributed by atoms with Crippen molar-refractivity contribution in [3.05, 3.63) is 42.5 Å². The van der Waals surface area contributed by atoms with E-state index in [9.17, 15) is 22.3 Å². The molecule has 1 spiro atoms. The third-order valence-corrected chi connectivity index (χ3v) is 10.3. The number of piperidine rings is 1. The SMILES string of the molecule is COc1cccc(-c2ccc3c(c2)OCC2(CCN(C4CCC(F)(F)CC4)CC2)CN(C)CC(O)CNS3(=O)=O)c1. The molecule has 1 unspecified atom stereocenters. The Morgan fingerprint density at radius 2 is 1.76 bits per heavy atom. The predicted molar refractivity (Wildman–Crippen MR) is 153 cm³/mol. The van der Waals surface area contributed by atoms with Crippen molar-refractivity contribution < 1.29 is 31.8 Å². The number of benzene rings is 2. The highest BCUT2D eigenvalue weighted by molar-refractivity contribution is 7.89. The molecule has 5 rings (SSSR count). The molecule has 2 aliphatic heterocycles. The number of rotatable bonds is 3. The number of likely N-dealkylation sites (N-methyl/N-ethyl adjacent to an activating group) is 1. The fourth-order valence-electron chi connectivity index (χ4n) is 6.50. The molecule has 2 N–H and O–H groups in total. The molecule has 2 aromatic carbocycles. The van der Waals surface area contributed by atoms with Crippen LogP contribution in [0.25, 0.3) is 11.1 Å². The van der Waals surface area contributed by atoms with Gasteiger partial charge in [0.25, 0.3) is 0 Å². The third kappa shape index (κ3) is 7.19. The van der Waals surface area contributed by atoms with Gasteiger partial charge in [-0.2, -0.15) is 0 Å². The highest BCUT2D eigenvalue weighted by Crippen LogP contribution is 2.40. The van der Waals surface area contributed by atoms with Crippen molar-refractivity contribution in [3.8, 4) is 22.6 Å². The molecule has 1 saturated heterocycles. The Hall–Kier alpha value is -2.31. The van der Waals surface area contributed by atoms with Gasteiger partial charge < -0.3 is 24.4 Å². The van der Waals surface area contributed by atoms with Gasteiger partial charge in [0.05, 0.1) is 19.8 Å². The molecule has 1 atom stereocenters. The van der Waals surface area contributed by atoms with Crippen LogP contribution >= 0.6 is 0 Å². The predicted octanol–water partition coefficient (Wildman–Crippen LogP) is 3.99. The number of alkyl halides is 2. The van der Waals surface area contributed by atoms with Gasteiger partial charge in [-0.25, -0.2) is 21.9 Å². The first-order valence-corrected chi connectivity index (χ1v) is 15.9. The van der Waals surface area contributed by atoms with Crippen LogP contribution in [0.5, 0.6) is 11.5 Å². The van der Waals surface area contributed by atoms with Gasteiger partial charge >= 0.3 is 0 Å². The molecule has 2 aromatic rings. The van der Waals surface area contributed by atoms with Gasteiger partial charge in [0.1, 0.15) is 16.4 Å². The summed E-state index contributed by atoms with van der Waals surface area (Å²) >= 11 is 0. The second kappa shape index (κ2) is 12.1. The van der Waals surface area contributed by atoms with Crippen molar-refractivity contribution in [2.45, 2.75) is 61.5 Å². The second-order valence-corrected chi connectivity index (χ2v) is 13.7. The van der Waals surface area contributed by atoms with Gasteiger partial charge in [0, 0.05) is 43.9 Å². The molecular weight excluding hydrogens is 552 g/mol. The Labute approximate surface area is 241 Å². The van der Waals surface area contributed by atoms with E-state index in [1.54, 1.807) is 25.3 Å². The molecule has 11 heteroatoms. The lowest BCUT2D eigenvalue weighted by molar-refractivity contribution is -0.0640. The number of aliphatic hydroxyl groups is 1. The smallest absolute Gasteiger partial charge is 0.248 e. The second-order valence-electron chi connectivity index (χ2n) is 12.0. The molecule has 2 fully saturated rings. The molecule has 3 aliphatic rings. The first kappa shape index (κ1) is 30.2. The third-order valence-electron chi connectivity index (χ3n) is 8.87. The fourth-order valence-corrected chi connectivity index (χ4v) is 7.70. The minimum Gasteiger partial charge on any atom is -0.497 e. The Balaban J connectivity index is 1.42. The zero-order chi connectivity index (χ0) is 29.3. The summed E-state index contributed by atoms with van der Waals surface area (Å²) < 4.78 is 68.5. The number of aliphatic hydroxyl groups excluding tert-OH is 1. The molecule has 41 heavy (non-hydrogen) atoms. The van der Waals surface area contributed by atoms with E-state index in [1.807, 2.05) is 36.2 Å². The zero-order valence-corrected chi connectivity index (χ0v) is 24.6. The van der Waals surface area contributed by atoms with E-state index < -0.39 is 22.0 Å². The molecule has 1 saturated carbocycles. The van der Waals surface area contributed by atoms with Crippen molar-refractivity contribution in [2.24, 2.45) is 5.41 Å². The number of nitrogens with zero attached hydrogens (tertiary/aromatic N) is 2. The number of hydrogen-bond donors (Lipinski definition) is 2. The molecule has 226 valence electrons. The summed E-state index contributed by atoms with van der Waals surface area (Å²) in [5, 5.41) is 10.6. The highest BCUT2D eigenvalue weighted by atomic mass is 32.2. The molecule has 0 bridgehead atoms. The summed E-state index contributed by atoms with van der Waals surface area (Å²) in [6.45, 7) is 2.70. The fraction of sp³-hybridized carbons (Fsp3) is 0.600. The molecule has 0 aromatic heterocycles. The van der Waals surface area contributed by atoms with Gasteiger partial charge in [0.2, 0.25) is 15.9 Å². The Bertz CT molecular complexity index is 1310. The molecular formula is C30H41F2N3O5S. The van der Waals surface area contributed by atoms with E-state index in [0.717, 1.165) is 37.1 Å². The van der Waals surface area contributed by atoms with Crippen LogP contribution in [0.3, 0.4) is 0 Å². The maximum absolute atomic E-state index is 13.8. The van der Waals surface area contributed by atoms with Gasteiger partial charge in [-0.1, -0.05) is 18.2 Å². The van der Waals surface area contributed by atoms with Crippen molar-refractivity contribution in [1.29, 1.82) is 0 Å². The number of likely N-dealkylation sites (tertiary alicyclic amines) is 1. The lowest BCUT2D eigenvalue weighted by atomic mass is 9.77. The van der Waals surface area contributed by atoms with Crippen LogP contribution in [0, 0.1) is 5.41 Å². The van der Waals surface area contributed by atoms with Crippen LogP contribution in [0.4, 0.5) is 8.78 Å². The Kier molecular flexibility index (Phi) is 8.92. The standard InChI is InChI=1S/C30H41F2N3O5S/c1-34-19-25(36)18-33-41(37,38)28-7-6-23(22-4-3-5-26(16-22)39-2)17-27(28)40-21-29(20-34)12-14-35(15-13-29)24-8-10-30(31,32)11-9-24/h3-7,16-17,24-25,33,36H,8-15,18-21H2,1-2H3. The molecule has 8 nitrogen and oxygen atoms in total. The highest BCUT2D eigenvalue weighted by Gasteiger charge is 2.42. The quantitative estimate of drug-likeness (QED) is 0.556. The van der Waals surface area contributed by atoms with E-state index in [0.29, 0.717) is 38.3 Å². The van der Waals surface area contributed by atoms with E-state index in [2.05, 4.69) is 9.62 Å². The number of nitrogens with one attached hydrogen (secondary N) is 1. The monoisotopic (exact) mass is 593 g/mol. The summed E-state index contributed by atoms with van der Waals surface area (Å²) in [7, 11) is -0.432. The molecule has 1 aliphatic carbocycles. The first-order valence-electron chi connectivity index (χ1n) is 14.4. The molecule has 2 heterocycles. The number of ether oxygens (including phenoxy) is 2. The number of methoxy groups -OCH3 is 1. The van der Waals surface area contributed by atoms with Crippen molar-refractivity contribution >= 4 is 10.0 Å². The Morgan fingerprint density at radius 1 is 1.05 bits per heavy atom. The lowest BCUT2D eigenvalue weighted by Crippen LogP contribution is -2.53. The van der Waals surface area contributed by atoms with Gasteiger partial charge in [-0.05, 0) is 81.2 Å². The minimum atomic E-state index is -3.95. The Morgan fingerprint density at radius 3 is 2.46 bits per heavy atom. The van der Waals surface area contributed by atoms with Crippen molar-refractivity contribution in [1.82, 2.24) is 14.5 Å². The number of sulfonamides is 1. The largest absolute Gasteiger partial charge is 0.497 e. The van der Waals surface area contributed by atoms with Crippen LogP contribution < -0.4 is 14.2 Å². The van der Waals surface area contributed by atoms with Gasteiger partial charge in [-0.3, -0.25) is 0 Å². The van der Waals surface area contributed by atoms with E-state index in [1.165, 1.54) is 0 Å². The summed E-state index contributed by atoms with van der Waals surface area (Å²) in [6, 6.07) is 12.7. The average molecular weight is 594 g/mol. The topological polar surface area (TPSA) is 91.3 Å². The number of fused-ring (bicyclic) bond motifs is 1. The maximum Gasteiger partial charge on any atom is 0.248 e. The van der Waals surface area contributed by atoms with Crippen molar-refractivity contribution in [2.75, 3.05) is 53.5 Å². The summed E-state index contributed by atoms with van der Waals surface area (Å²) in [6.07, 6.45) is 1.60. The average Bonchev–Trinajstić information content (AvgIpc) is 2.95. The van der Waals surface area contributed by atoms with Crippen LogP contribution in [0.15, 0.2) is 47.4 Å². The summed E-state index contributed by atoms with van der Waals surface area (Å²) in [5.41, 5.74) is 1.37. The maximum atomic E-state index is 13.8. The van der Waals surface area contributed by atoms with E-state index in [4.69, 9.17) is 9.47 Å². The van der Waals surface area contributed by atoms with Crippen LogP contribution in [0.2, 0.25) is 0 Å². The van der Waals surface area contributed by atoms with Crippen LogP contribution in [0.1, 0.15) is 38.5 Å². The van der Waals surface area contributed by atoms with Crippen molar-refractivity contribution in [3.63, 3.8) is 0 Å². The minimum absolute atomic E-state index is 0.0287. The van der Waals surface area contributed by atoms with Crippen LogP contribution in [-0.2, 0) is 10.0 Å². The number of β-amino-alcohol motifs (C(OH)–C–C–N with tert-alkyl or cyclic N) is 1. The number of halogens is 2. The van der Waals surface area contributed by atoms with Crippen LogP contribution in [-0.4, -0.2) is 94.9 Å². The zero-order valence-electron chi connectivity index (χ0n) is 23.8. The summed E-state index contributed by atoms with van der Waals surface area (Å²) in [5.74, 6) is -1.60. The number of hydrogen-bond acceptors (Lipinski definition) is 7. The van der Waals surface area contributed by atoms with E-state index in [-0.39, 0.29) is 41.5 Å². The summed E-state index contributed by atoms with van der Waals surface area (Å²) in [4.78, 5) is 4.41. The first-order chi connectivity index (χ1) is 19.5. The normalized spacial score (nSPS) is 25.8. The van der Waals surface area contributed by atoms with Gasteiger partial charge in [0.15, 0.2) is 0 Å². The van der Waals surface area contributed by atoms with E-state index >= 15 is 0 Å². The van der Waals surface area contributed by atoms with Gasteiger partial charge in [-0.15, -0.1) is 0 Å².